The van der Waals surface area contributed by atoms with Crippen LogP contribution in [-0.2, 0) is 0 Å². The summed E-state index contributed by atoms with van der Waals surface area (Å²) in [5, 5.41) is 16.7. The number of hydrogen-bond donors (Lipinski definition) is 0. The first-order valence-corrected chi connectivity index (χ1v) is 18.5. The third-order valence-electron chi connectivity index (χ3n) is 13.8. The smallest absolute Gasteiger partial charge is 0.104 e. The number of aryl methyl sites for hydroxylation is 9. The van der Waals surface area contributed by atoms with Crippen LogP contribution in [0.15, 0.2) is 12.1 Å². The van der Waals surface area contributed by atoms with Gasteiger partial charge >= 0.3 is 0 Å². The van der Waals surface area contributed by atoms with Gasteiger partial charge in [-0.05, 0) is 224 Å². The third kappa shape index (κ3) is 4.23. The molecule has 0 saturated carbocycles. The quantitative estimate of drug-likeness (QED) is 0.180. The lowest BCUT2D eigenvalue weighted by Gasteiger charge is -2.21. The Bertz CT molecular complexity index is 2460. The molecule has 2 heterocycles. The number of nitrogens with zero attached hydrogens (tertiary/aromatic N) is 3. The molecule has 0 bridgehead atoms. The van der Waals surface area contributed by atoms with Crippen molar-refractivity contribution in [2.75, 3.05) is 0 Å². The molecule has 0 spiro atoms. The summed E-state index contributed by atoms with van der Waals surface area (Å²) in [6.45, 7) is 38.5. The van der Waals surface area contributed by atoms with E-state index in [4.69, 9.17) is 0 Å². The van der Waals surface area contributed by atoms with Gasteiger partial charge in [0.2, 0.25) is 0 Å². The Balaban J connectivity index is 1.81. The van der Waals surface area contributed by atoms with Crippen molar-refractivity contribution in [1.29, 1.82) is 5.26 Å². The normalized spacial score (nSPS) is 12.0. The summed E-state index contributed by atoms with van der Waals surface area (Å²) in [6.07, 6.45) is 0. The largest absolute Gasteiger partial charge is 0.307 e. The maximum absolute atomic E-state index is 11.5. The zero-order valence-corrected chi connectivity index (χ0v) is 34.0. The molecule has 260 valence electrons. The Labute approximate surface area is 304 Å². The van der Waals surface area contributed by atoms with Gasteiger partial charge in [-0.3, -0.25) is 0 Å². The van der Waals surface area contributed by atoms with Crippen LogP contribution >= 0.6 is 0 Å². The van der Waals surface area contributed by atoms with Gasteiger partial charge in [0, 0.05) is 21.5 Å². The molecule has 51 heavy (non-hydrogen) atoms. The molecule has 3 heteroatoms. The molecule has 0 aliphatic carbocycles. The molecule has 0 aliphatic heterocycles. The number of aromatic nitrogens is 2. The fourth-order valence-corrected chi connectivity index (χ4v) is 9.43. The van der Waals surface area contributed by atoms with Gasteiger partial charge < -0.3 is 9.13 Å². The molecule has 7 rings (SSSR count). The predicted molar refractivity (Wildman–Crippen MR) is 220 cm³/mol. The van der Waals surface area contributed by atoms with E-state index in [2.05, 4.69) is 145 Å². The van der Waals surface area contributed by atoms with Gasteiger partial charge in [-0.2, -0.15) is 5.26 Å². The fourth-order valence-electron chi connectivity index (χ4n) is 9.43. The van der Waals surface area contributed by atoms with Crippen LogP contribution in [0.1, 0.15) is 100 Å². The Morgan fingerprint density at radius 2 is 0.549 bits per heavy atom. The molecule has 5 aromatic carbocycles. The van der Waals surface area contributed by atoms with Crippen LogP contribution in [0, 0.1) is 129 Å². The van der Waals surface area contributed by atoms with Crippen molar-refractivity contribution in [3.8, 4) is 17.4 Å². The summed E-state index contributed by atoms with van der Waals surface area (Å²) in [5.41, 5.74) is 29.7. The maximum Gasteiger partial charge on any atom is 0.104 e. The van der Waals surface area contributed by atoms with Gasteiger partial charge in [0.25, 0.3) is 0 Å². The molecule has 7 aromatic rings. The lowest BCUT2D eigenvalue weighted by Crippen LogP contribution is -2.08. The van der Waals surface area contributed by atoms with E-state index in [-0.39, 0.29) is 0 Å². The van der Waals surface area contributed by atoms with Gasteiger partial charge in [0.15, 0.2) is 0 Å². The van der Waals surface area contributed by atoms with Crippen molar-refractivity contribution in [3.05, 3.63) is 112 Å². The molecule has 0 N–H and O–H groups in total. The van der Waals surface area contributed by atoms with Gasteiger partial charge in [0.05, 0.1) is 33.4 Å². The molecule has 3 nitrogen and oxygen atoms in total. The number of hydrogen-bond acceptors (Lipinski definition) is 1. The van der Waals surface area contributed by atoms with Crippen molar-refractivity contribution in [2.24, 2.45) is 0 Å². The highest BCUT2D eigenvalue weighted by Crippen LogP contribution is 2.47. The molecule has 0 fully saturated rings. The maximum atomic E-state index is 11.5. The molecule has 2 aromatic heterocycles. The summed E-state index contributed by atoms with van der Waals surface area (Å²) in [5.74, 6) is 0. The average Bonchev–Trinajstić information content (AvgIpc) is 3.66. The average molecular weight is 672 g/mol. The van der Waals surface area contributed by atoms with Crippen LogP contribution in [0.3, 0.4) is 0 Å². The first-order chi connectivity index (χ1) is 23.9. The number of rotatable bonds is 2. The molecule has 0 saturated heterocycles. The SMILES string of the molecule is Cc1cc(-n2c3c(C)c(C)c(C)c(C)c3c3c(C)c(C)c(C)c(C)c32)c(C#N)c(-n2c3c(C)c(C)c(C)c(C)c3c3c(C)c(C)c(C)c(C)c32)c1. The van der Waals surface area contributed by atoms with E-state index < -0.39 is 0 Å². The van der Waals surface area contributed by atoms with Crippen LogP contribution in [0.4, 0.5) is 0 Å². The summed E-state index contributed by atoms with van der Waals surface area (Å²) in [6, 6.07) is 7.33. The third-order valence-corrected chi connectivity index (χ3v) is 13.8. The van der Waals surface area contributed by atoms with Gasteiger partial charge in [0.1, 0.15) is 11.6 Å². The molecule has 0 radical (unpaired) electrons. The number of nitriles is 1. The molecule has 0 amide bonds. The summed E-state index contributed by atoms with van der Waals surface area (Å²) < 4.78 is 4.94. The van der Waals surface area contributed by atoms with Crippen LogP contribution in [0.5, 0.6) is 0 Å². The highest BCUT2D eigenvalue weighted by atomic mass is 15.0. The van der Waals surface area contributed by atoms with Crippen molar-refractivity contribution in [3.63, 3.8) is 0 Å². The van der Waals surface area contributed by atoms with Gasteiger partial charge in [-0.15, -0.1) is 0 Å². The van der Waals surface area contributed by atoms with Crippen LogP contribution in [0.2, 0.25) is 0 Å². The molecule has 0 aliphatic rings. The van der Waals surface area contributed by atoms with Gasteiger partial charge in [-0.25, -0.2) is 0 Å². The highest BCUT2D eigenvalue weighted by Gasteiger charge is 2.29. The lowest BCUT2D eigenvalue weighted by atomic mass is 9.90. The predicted octanol–water partition coefficient (Wildman–Crippen LogP) is 13.0. The molecule has 0 atom stereocenters. The Morgan fingerprint density at radius 1 is 0.333 bits per heavy atom. The first-order valence-electron chi connectivity index (χ1n) is 18.5. The van der Waals surface area contributed by atoms with E-state index in [0.29, 0.717) is 5.56 Å². The van der Waals surface area contributed by atoms with Crippen molar-refractivity contribution < 1.29 is 0 Å². The molecular formula is C48H53N3. The Morgan fingerprint density at radius 3 is 0.765 bits per heavy atom. The van der Waals surface area contributed by atoms with E-state index in [1.165, 1.54) is 133 Å². The van der Waals surface area contributed by atoms with E-state index in [1.807, 2.05) is 0 Å². The standard InChI is InChI=1S/C48H53N3/c1-21-18-39(50-45-34(14)26(6)22(2)30(10)41(45)42-31(11)23(3)27(7)35(15)46(42)50)38(20-49)40(19-21)51-47-36(16)28(8)24(4)32(12)43(47)44-33(13)25(5)29(9)37(17)48(44)51/h18-19H,1-17H3. The number of benzene rings is 5. The summed E-state index contributed by atoms with van der Waals surface area (Å²) in [7, 11) is 0. The first kappa shape index (κ1) is 34.6. The number of fused-ring (bicyclic) bond motifs is 6. The molecular weight excluding hydrogens is 619 g/mol. The second-order valence-electron chi connectivity index (χ2n) is 15.9. The topological polar surface area (TPSA) is 33.6 Å². The Kier molecular flexibility index (Phi) is 7.70. The summed E-state index contributed by atoms with van der Waals surface area (Å²) in [4.78, 5) is 0. The van der Waals surface area contributed by atoms with Crippen molar-refractivity contribution >= 4 is 43.6 Å². The van der Waals surface area contributed by atoms with Crippen LogP contribution in [0.25, 0.3) is 55.0 Å². The summed E-state index contributed by atoms with van der Waals surface area (Å²) >= 11 is 0. The van der Waals surface area contributed by atoms with Crippen LogP contribution < -0.4 is 0 Å². The van der Waals surface area contributed by atoms with E-state index in [0.717, 1.165) is 16.9 Å². The molecule has 0 unspecified atom stereocenters. The second-order valence-corrected chi connectivity index (χ2v) is 15.9. The minimum atomic E-state index is 0.703. The van der Waals surface area contributed by atoms with E-state index in [9.17, 15) is 5.26 Å². The fraction of sp³-hybridized carbons (Fsp3) is 0.354. The monoisotopic (exact) mass is 671 g/mol. The minimum absolute atomic E-state index is 0.703. The zero-order valence-electron chi connectivity index (χ0n) is 34.0. The zero-order chi connectivity index (χ0) is 37.4. The van der Waals surface area contributed by atoms with Crippen molar-refractivity contribution in [1.82, 2.24) is 9.13 Å². The van der Waals surface area contributed by atoms with E-state index >= 15 is 0 Å². The van der Waals surface area contributed by atoms with Crippen LogP contribution in [-0.4, -0.2) is 9.13 Å². The van der Waals surface area contributed by atoms with Gasteiger partial charge in [-0.1, -0.05) is 0 Å². The Hall–Kier alpha value is -4.81. The lowest BCUT2D eigenvalue weighted by molar-refractivity contribution is 1.08. The van der Waals surface area contributed by atoms with Crippen molar-refractivity contribution in [2.45, 2.75) is 118 Å². The highest BCUT2D eigenvalue weighted by molar-refractivity contribution is 6.17. The minimum Gasteiger partial charge on any atom is -0.307 e. The second kappa shape index (κ2) is 11.3. The van der Waals surface area contributed by atoms with E-state index in [1.54, 1.807) is 0 Å².